The molecule has 2 heterocycles. The van der Waals surface area contributed by atoms with E-state index in [1.165, 1.54) is 20.0 Å². The van der Waals surface area contributed by atoms with E-state index in [0.717, 1.165) is 25.9 Å². The van der Waals surface area contributed by atoms with Crippen LogP contribution >= 0.6 is 24.0 Å². The van der Waals surface area contributed by atoms with Gasteiger partial charge in [-0.1, -0.05) is 12.8 Å². The Balaban J connectivity index is 0.00000220. The van der Waals surface area contributed by atoms with Crippen LogP contribution in [0.3, 0.4) is 0 Å². The number of nitrogens with two attached hydrogens (primary N) is 1. The number of methoxy groups -OCH3 is 1. The molecule has 21 heavy (non-hydrogen) atoms. The molecule has 0 unspecified atom stereocenters. The zero-order valence-electron chi connectivity index (χ0n) is 12.2. The van der Waals surface area contributed by atoms with Crippen molar-refractivity contribution in [3.8, 4) is 0 Å². The molecule has 0 bridgehead atoms. The van der Waals surface area contributed by atoms with Crippen LogP contribution in [0.15, 0.2) is 21.5 Å². The summed E-state index contributed by atoms with van der Waals surface area (Å²) in [6, 6.07) is 3.30. The highest BCUT2D eigenvalue weighted by molar-refractivity contribution is 14.0. The fourth-order valence-electron chi connectivity index (χ4n) is 2.23. The van der Waals surface area contributed by atoms with Crippen LogP contribution in [0.5, 0.6) is 0 Å². The number of aliphatic imine (C=N–C) groups is 1. The van der Waals surface area contributed by atoms with Crippen LogP contribution in [0.2, 0.25) is 0 Å². The van der Waals surface area contributed by atoms with Crippen molar-refractivity contribution in [2.24, 2.45) is 10.7 Å². The van der Waals surface area contributed by atoms with E-state index in [1.54, 1.807) is 12.1 Å². The van der Waals surface area contributed by atoms with Gasteiger partial charge in [0.15, 0.2) is 5.96 Å². The van der Waals surface area contributed by atoms with Crippen LogP contribution in [0.25, 0.3) is 0 Å². The van der Waals surface area contributed by atoms with E-state index >= 15 is 0 Å². The zero-order valence-corrected chi connectivity index (χ0v) is 14.5. The maximum absolute atomic E-state index is 11.3. The first-order valence-corrected chi connectivity index (χ1v) is 6.92. The molecular formula is C14H22IN3O3. The van der Waals surface area contributed by atoms with Gasteiger partial charge < -0.3 is 19.8 Å². The number of furan rings is 1. The topological polar surface area (TPSA) is 81.1 Å². The highest BCUT2D eigenvalue weighted by Crippen LogP contribution is 2.12. The third kappa shape index (κ3) is 5.22. The SMILES string of the molecule is COC(=O)c1ccc(CN=C(N)N2CCCCCC2)o1.I. The fraction of sp³-hybridized carbons (Fsp3) is 0.571. The number of nitrogens with zero attached hydrogens (tertiary/aromatic N) is 2. The zero-order chi connectivity index (χ0) is 14.4. The van der Waals surface area contributed by atoms with Crippen molar-refractivity contribution in [2.45, 2.75) is 32.2 Å². The average Bonchev–Trinajstić information content (AvgIpc) is 2.77. The smallest absolute Gasteiger partial charge is 0.373 e. The largest absolute Gasteiger partial charge is 0.463 e. The number of carbonyl (C=O) groups excluding carboxylic acids is 1. The van der Waals surface area contributed by atoms with Gasteiger partial charge in [-0.05, 0) is 25.0 Å². The summed E-state index contributed by atoms with van der Waals surface area (Å²) in [5, 5.41) is 0. The molecule has 0 amide bonds. The molecule has 1 aliphatic rings. The summed E-state index contributed by atoms with van der Waals surface area (Å²) in [5.41, 5.74) is 6.00. The second-order valence-electron chi connectivity index (χ2n) is 4.83. The molecular weight excluding hydrogens is 385 g/mol. The van der Waals surface area contributed by atoms with Gasteiger partial charge in [0.25, 0.3) is 0 Å². The quantitative estimate of drug-likeness (QED) is 0.360. The number of hydrogen-bond donors (Lipinski definition) is 1. The van der Waals surface area contributed by atoms with E-state index in [0.29, 0.717) is 18.3 Å². The molecule has 1 fully saturated rings. The van der Waals surface area contributed by atoms with E-state index in [1.807, 2.05) is 0 Å². The minimum absolute atomic E-state index is 0. The maximum atomic E-state index is 11.3. The van der Waals surface area contributed by atoms with Gasteiger partial charge in [0, 0.05) is 13.1 Å². The Kier molecular flexibility index (Phi) is 7.55. The van der Waals surface area contributed by atoms with E-state index in [9.17, 15) is 4.79 Å². The van der Waals surface area contributed by atoms with Gasteiger partial charge in [-0.25, -0.2) is 9.79 Å². The summed E-state index contributed by atoms with van der Waals surface area (Å²) in [5.74, 6) is 0.845. The Bertz CT molecular complexity index is 480. The number of carbonyl (C=O) groups is 1. The van der Waals surface area contributed by atoms with Crippen LogP contribution in [-0.4, -0.2) is 37.0 Å². The molecule has 7 heteroatoms. The van der Waals surface area contributed by atoms with Crippen molar-refractivity contribution in [3.63, 3.8) is 0 Å². The molecule has 1 saturated heterocycles. The Morgan fingerprint density at radius 3 is 2.62 bits per heavy atom. The molecule has 0 radical (unpaired) electrons. The van der Waals surface area contributed by atoms with Gasteiger partial charge in [0.05, 0.1) is 7.11 Å². The fourth-order valence-corrected chi connectivity index (χ4v) is 2.23. The lowest BCUT2D eigenvalue weighted by Crippen LogP contribution is -2.38. The first-order valence-electron chi connectivity index (χ1n) is 6.92. The molecule has 0 atom stereocenters. The Morgan fingerprint density at radius 1 is 1.33 bits per heavy atom. The number of halogens is 1. The van der Waals surface area contributed by atoms with Gasteiger partial charge in [-0.2, -0.15) is 0 Å². The molecule has 2 rings (SSSR count). The van der Waals surface area contributed by atoms with Gasteiger partial charge >= 0.3 is 5.97 Å². The van der Waals surface area contributed by atoms with Crippen LogP contribution in [0, 0.1) is 0 Å². The van der Waals surface area contributed by atoms with E-state index in [2.05, 4.69) is 14.6 Å². The highest BCUT2D eigenvalue weighted by atomic mass is 127. The molecule has 0 aliphatic carbocycles. The van der Waals surface area contributed by atoms with Gasteiger partial charge in [0.2, 0.25) is 5.76 Å². The Labute approximate surface area is 141 Å². The third-order valence-electron chi connectivity index (χ3n) is 3.38. The maximum Gasteiger partial charge on any atom is 0.373 e. The van der Waals surface area contributed by atoms with E-state index in [4.69, 9.17) is 10.2 Å². The van der Waals surface area contributed by atoms with Crippen LogP contribution in [0.1, 0.15) is 42.0 Å². The lowest BCUT2D eigenvalue weighted by Gasteiger charge is -2.20. The van der Waals surface area contributed by atoms with Crippen molar-refractivity contribution >= 4 is 35.9 Å². The number of ether oxygens (including phenoxy) is 1. The van der Waals surface area contributed by atoms with E-state index in [-0.39, 0.29) is 29.7 Å². The molecule has 6 nitrogen and oxygen atoms in total. The van der Waals surface area contributed by atoms with Gasteiger partial charge in [-0.3, -0.25) is 0 Å². The minimum atomic E-state index is -0.485. The highest BCUT2D eigenvalue weighted by Gasteiger charge is 2.13. The third-order valence-corrected chi connectivity index (χ3v) is 3.38. The van der Waals surface area contributed by atoms with Crippen molar-refractivity contribution < 1.29 is 13.9 Å². The lowest BCUT2D eigenvalue weighted by molar-refractivity contribution is 0.0563. The molecule has 1 aromatic heterocycles. The van der Waals surface area contributed by atoms with Crippen LogP contribution in [0.4, 0.5) is 0 Å². The predicted molar refractivity (Wildman–Crippen MR) is 90.8 cm³/mol. The summed E-state index contributed by atoms with van der Waals surface area (Å²) in [7, 11) is 1.32. The van der Waals surface area contributed by atoms with Crippen molar-refractivity contribution in [1.29, 1.82) is 0 Å². The first kappa shape index (κ1) is 17.8. The van der Waals surface area contributed by atoms with Crippen molar-refractivity contribution in [3.05, 3.63) is 23.7 Å². The summed E-state index contributed by atoms with van der Waals surface area (Å²) >= 11 is 0. The summed E-state index contributed by atoms with van der Waals surface area (Å²) in [4.78, 5) is 17.7. The minimum Gasteiger partial charge on any atom is -0.463 e. The molecule has 0 saturated carbocycles. The molecule has 0 spiro atoms. The van der Waals surface area contributed by atoms with Gasteiger partial charge in [0.1, 0.15) is 12.3 Å². The molecule has 0 aromatic carbocycles. The normalized spacial score (nSPS) is 16.0. The number of esters is 1. The number of rotatable bonds is 3. The Morgan fingerprint density at radius 2 is 2.00 bits per heavy atom. The first-order chi connectivity index (χ1) is 9.70. The molecule has 118 valence electrons. The van der Waals surface area contributed by atoms with Crippen LogP contribution in [-0.2, 0) is 11.3 Å². The summed E-state index contributed by atoms with van der Waals surface area (Å²) in [6.07, 6.45) is 4.82. The predicted octanol–water partition coefficient (Wildman–Crippen LogP) is 2.37. The standard InChI is InChI=1S/C14H21N3O3.HI/c1-19-13(18)12-7-6-11(20-12)10-16-14(15)17-8-4-2-3-5-9-17;/h6-7H,2-5,8-10H2,1H3,(H2,15,16);1H. The average molecular weight is 407 g/mol. The number of hydrogen-bond acceptors (Lipinski definition) is 4. The molecule has 1 aliphatic heterocycles. The summed E-state index contributed by atoms with van der Waals surface area (Å²) in [6.45, 7) is 2.25. The second kappa shape index (κ2) is 8.91. The van der Waals surface area contributed by atoms with Crippen LogP contribution < -0.4 is 5.73 Å². The Hall–Kier alpha value is -1.25. The number of likely N-dealkylation sites (tertiary alicyclic amines) is 1. The number of guanidine groups is 1. The molecule has 2 N–H and O–H groups in total. The monoisotopic (exact) mass is 407 g/mol. The molecule has 1 aromatic rings. The van der Waals surface area contributed by atoms with Crippen molar-refractivity contribution in [2.75, 3.05) is 20.2 Å². The van der Waals surface area contributed by atoms with Gasteiger partial charge in [-0.15, -0.1) is 24.0 Å². The summed E-state index contributed by atoms with van der Waals surface area (Å²) < 4.78 is 9.93. The van der Waals surface area contributed by atoms with Crippen molar-refractivity contribution in [1.82, 2.24) is 4.90 Å². The second-order valence-corrected chi connectivity index (χ2v) is 4.83. The lowest BCUT2D eigenvalue weighted by atomic mass is 10.2. The van der Waals surface area contributed by atoms with E-state index < -0.39 is 5.97 Å².